The molecular formula is C17H22N2O4. The van der Waals surface area contributed by atoms with Crippen LogP contribution in [0.1, 0.15) is 42.5 Å². The number of nitrogens with zero attached hydrogens (tertiary/aromatic N) is 2. The first-order valence-electron chi connectivity index (χ1n) is 7.49. The van der Waals surface area contributed by atoms with Gasteiger partial charge in [-0.3, -0.25) is 9.36 Å². The molecule has 0 aliphatic heterocycles. The summed E-state index contributed by atoms with van der Waals surface area (Å²) in [5.74, 6) is 1.83. The Kier molecular flexibility index (Phi) is 5.76. The summed E-state index contributed by atoms with van der Waals surface area (Å²) < 4.78 is 17.5. The van der Waals surface area contributed by atoms with Crippen molar-refractivity contribution in [1.29, 1.82) is 0 Å². The average Bonchev–Trinajstić information content (AvgIpc) is 3.03. The van der Waals surface area contributed by atoms with E-state index < -0.39 is 0 Å². The monoisotopic (exact) mass is 318 g/mol. The molecule has 2 rings (SSSR count). The molecule has 1 aromatic carbocycles. The van der Waals surface area contributed by atoms with E-state index in [9.17, 15) is 4.79 Å². The molecule has 1 unspecified atom stereocenters. The molecule has 0 fully saturated rings. The number of imidazole rings is 1. The highest BCUT2D eigenvalue weighted by Crippen LogP contribution is 2.30. The molecule has 0 aliphatic carbocycles. The SMILES string of the molecule is CCC(C)c1cn(-c2ccc(OC)cc2OCOC)c(C=O)n1. The Morgan fingerprint density at radius 1 is 1.35 bits per heavy atom. The minimum atomic E-state index is 0.101. The highest BCUT2D eigenvalue weighted by atomic mass is 16.7. The van der Waals surface area contributed by atoms with Gasteiger partial charge in [-0.15, -0.1) is 0 Å². The second-order valence-corrected chi connectivity index (χ2v) is 5.21. The van der Waals surface area contributed by atoms with Crippen LogP contribution in [0.25, 0.3) is 5.69 Å². The van der Waals surface area contributed by atoms with Crippen molar-refractivity contribution in [3.05, 3.63) is 35.9 Å². The lowest BCUT2D eigenvalue weighted by Gasteiger charge is -2.13. The molecule has 1 heterocycles. The normalized spacial score (nSPS) is 12.0. The standard InChI is InChI=1S/C17H22N2O4/c1-5-12(2)14-9-19(17(10-20)18-14)15-7-6-13(22-4)8-16(15)23-11-21-3/h6-10,12H,5,11H2,1-4H3. The van der Waals surface area contributed by atoms with Crippen LogP contribution in [0.2, 0.25) is 0 Å². The number of methoxy groups -OCH3 is 2. The van der Waals surface area contributed by atoms with Gasteiger partial charge in [-0.25, -0.2) is 4.98 Å². The van der Waals surface area contributed by atoms with E-state index in [2.05, 4.69) is 18.8 Å². The van der Waals surface area contributed by atoms with E-state index in [4.69, 9.17) is 14.2 Å². The van der Waals surface area contributed by atoms with Gasteiger partial charge in [0.15, 0.2) is 18.9 Å². The molecule has 0 N–H and O–H groups in total. The highest BCUT2D eigenvalue weighted by molar-refractivity contribution is 5.72. The van der Waals surface area contributed by atoms with Gasteiger partial charge >= 0.3 is 0 Å². The lowest BCUT2D eigenvalue weighted by Crippen LogP contribution is -2.05. The molecule has 0 saturated carbocycles. The predicted octanol–water partition coefficient (Wildman–Crippen LogP) is 3.19. The van der Waals surface area contributed by atoms with Crippen LogP contribution >= 0.6 is 0 Å². The van der Waals surface area contributed by atoms with Gasteiger partial charge in [0.2, 0.25) is 0 Å². The third-order valence-corrected chi connectivity index (χ3v) is 3.73. The molecule has 23 heavy (non-hydrogen) atoms. The fourth-order valence-corrected chi connectivity index (χ4v) is 2.19. The lowest BCUT2D eigenvalue weighted by atomic mass is 10.1. The van der Waals surface area contributed by atoms with Crippen LogP contribution in [-0.2, 0) is 4.74 Å². The summed E-state index contributed by atoms with van der Waals surface area (Å²) in [7, 11) is 3.14. The number of aldehydes is 1. The van der Waals surface area contributed by atoms with Crippen LogP contribution in [0, 0.1) is 0 Å². The van der Waals surface area contributed by atoms with Crippen molar-refractivity contribution in [3.63, 3.8) is 0 Å². The summed E-state index contributed by atoms with van der Waals surface area (Å²) in [6.45, 7) is 4.27. The molecule has 0 radical (unpaired) electrons. The smallest absolute Gasteiger partial charge is 0.188 e. The fraction of sp³-hybridized carbons (Fsp3) is 0.412. The first kappa shape index (κ1) is 17.0. The van der Waals surface area contributed by atoms with E-state index in [-0.39, 0.29) is 12.7 Å². The summed E-state index contributed by atoms with van der Waals surface area (Å²) in [5, 5.41) is 0. The van der Waals surface area contributed by atoms with Crippen molar-refractivity contribution in [1.82, 2.24) is 9.55 Å². The lowest BCUT2D eigenvalue weighted by molar-refractivity contribution is 0.0509. The number of carbonyl (C=O) groups excluding carboxylic acids is 1. The Morgan fingerprint density at radius 3 is 2.74 bits per heavy atom. The Hall–Kier alpha value is -2.34. The predicted molar refractivity (Wildman–Crippen MR) is 86.7 cm³/mol. The van der Waals surface area contributed by atoms with Gasteiger partial charge in [-0.1, -0.05) is 13.8 Å². The number of benzene rings is 1. The van der Waals surface area contributed by atoms with Crippen molar-refractivity contribution < 1.29 is 19.0 Å². The Morgan fingerprint density at radius 2 is 2.13 bits per heavy atom. The maximum atomic E-state index is 11.4. The van der Waals surface area contributed by atoms with Crippen molar-refractivity contribution in [2.45, 2.75) is 26.2 Å². The molecular weight excluding hydrogens is 296 g/mol. The molecule has 0 aliphatic rings. The maximum Gasteiger partial charge on any atom is 0.188 e. The van der Waals surface area contributed by atoms with Crippen molar-refractivity contribution in [3.8, 4) is 17.2 Å². The third kappa shape index (κ3) is 3.71. The Bertz CT molecular complexity index is 667. The molecule has 0 amide bonds. The van der Waals surface area contributed by atoms with Crippen LogP contribution < -0.4 is 9.47 Å². The summed E-state index contributed by atoms with van der Waals surface area (Å²) in [6, 6.07) is 5.40. The maximum absolute atomic E-state index is 11.4. The van der Waals surface area contributed by atoms with Crippen LogP contribution in [0.15, 0.2) is 24.4 Å². The zero-order chi connectivity index (χ0) is 16.8. The molecule has 124 valence electrons. The van der Waals surface area contributed by atoms with Crippen LogP contribution in [0.5, 0.6) is 11.5 Å². The van der Waals surface area contributed by atoms with Crippen molar-refractivity contribution >= 4 is 6.29 Å². The van der Waals surface area contributed by atoms with E-state index in [0.717, 1.165) is 18.4 Å². The zero-order valence-corrected chi connectivity index (χ0v) is 13.9. The number of carbonyl (C=O) groups is 1. The van der Waals surface area contributed by atoms with Crippen LogP contribution in [-0.4, -0.2) is 36.8 Å². The van der Waals surface area contributed by atoms with Gasteiger partial charge in [0.05, 0.1) is 18.5 Å². The average molecular weight is 318 g/mol. The topological polar surface area (TPSA) is 62.6 Å². The molecule has 6 nitrogen and oxygen atoms in total. The first-order chi connectivity index (χ1) is 11.1. The molecule has 1 aromatic heterocycles. The van der Waals surface area contributed by atoms with Crippen molar-refractivity contribution in [2.75, 3.05) is 21.0 Å². The van der Waals surface area contributed by atoms with E-state index in [0.29, 0.717) is 23.0 Å². The molecule has 2 aromatic rings. The number of ether oxygens (including phenoxy) is 3. The molecule has 0 saturated heterocycles. The van der Waals surface area contributed by atoms with Gasteiger partial charge in [0.1, 0.15) is 11.5 Å². The summed E-state index contributed by atoms with van der Waals surface area (Å²) in [5.41, 5.74) is 1.59. The second kappa shape index (κ2) is 7.78. The van der Waals surface area contributed by atoms with Gasteiger partial charge in [-0.2, -0.15) is 0 Å². The third-order valence-electron chi connectivity index (χ3n) is 3.73. The quantitative estimate of drug-likeness (QED) is 0.552. The molecule has 0 bridgehead atoms. The summed E-state index contributed by atoms with van der Waals surface area (Å²) >= 11 is 0. The highest BCUT2D eigenvalue weighted by Gasteiger charge is 2.16. The zero-order valence-electron chi connectivity index (χ0n) is 13.9. The van der Waals surface area contributed by atoms with Crippen molar-refractivity contribution in [2.24, 2.45) is 0 Å². The number of hydrogen-bond acceptors (Lipinski definition) is 5. The number of aromatic nitrogens is 2. The van der Waals surface area contributed by atoms with Gasteiger partial charge < -0.3 is 14.2 Å². The Balaban J connectivity index is 2.51. The van der Waals surface area contributed by atoms with E-state index >= 15 is 0 Å². The van der Waals surface area contributed by atoms with E-state index in [1.165, 1.54) is 0 Å². The second-order valence-electron chi connectivity index (χ2n) is 5.21. The number of rotatable bonds is 8. The number of hydrogen-bond donors (Lipinski definition) is 0. The minimum absolute atomic E-state index is 0.101. The first-order valence-corrected chi connectivity index (χ1v) is 7.49. The van der Waals surface area contributed by atoms with Crippen LogP contribution in [0.3, 0.4) is 0 Å². The summed E-state index contributed by atoms with van der Waals surface area (Å²) in [6.07, 6.45) is 3.57. The van der Waals surface area contributed by atoms with E-state index in [1.807, 2.05) is 18.3 Å². The van der Waals surface area contributed by atoms with E-state index in [1.54, 1.807) is 24.9 Å². The minimum Gasteiger partial charge on any atom is -0.497 e. The largest absolute Gasteiger partial charge is 0.497 e. The molecule has 1 atom stereocenters. The fourth-order valence-electron chi connectivity index (χ4n) is 2.19. The molecule has 6 heteroatoms. The summed E-state index contributed by atoms with van der Waals surface area (Å²) in [4.78, 5) is 15.8. The van der Waals surface area contributed by atoms with Crippen LogP contribution in [0.4, 0.5) is 0 Å². The van der Waals surface area contributed by atoms with Gasteiger partial charge in [0, 0.05) is 19.4 Å². The van der Waals surface area contributed by atoms with Gasteiger partial charge in [-0.05, 0) is 24.5 Å². The Labute approximate surface area is 136 Å². The van der Waals surface area contributed by atoms with Gasteiger partial charge in [0.25, 0.3) is 0 Å². The molecule has 0 spiro atoms.